The molecule has 0 atom stereocenters. The Balaban J connectivity index is 2.77. The van der Waals surface area contributed by atoms with Gasteiger partial charge in [0.1, 0.15) is 6.61 Å². The van der Waals surface area contributed by atoms with Crippen LogP contribution in [0.25, 0.3) is 0 Å². The monoisotopic (exact) mass is 236 g/mol. The van der Waals surface area contributed by atoms with Crippen LogP contribution >= 0.6 is 0 Å². The number of nitrogen functional groups attached to an aromatic ring is 1. The predicted molar refractivity (Wildman–Crippen MR) is 70.0 cm³/mol. The normalized spacial score (nSPS) is 10.2. The molecule has 0 saturated carbocycles. The SMILES string of the molecule is CCCN(C(=O)COCC)c1ccc(N)cc1. The van der Waals surface area contributed by atoms with Crippen molar-refractivity contribution in [3.63, 3.8) is 0 Å². The Morgan fingerprint density at radius 1 is 1.29 bits per heavy atom. The maximum Gasteiger partial charge on any atom is 0.252 e. The first-order chi connectivity index (χ1) is 8.19. The molecule has 4 nitrogen and oxygen atoms in total. The predicted octanol–water partition coefficient (Wildman–Crippen LogP) is 2.05. The van der Waals surface area contributed by atoms with Crippen molar-refractivity contribution in [2.24, 2.45) is 0 Å². The van der Waals surface area contributed by atoms with Crippen molar-refractivity contribution in [3.05, 3.63) is 24.3 Å². The summed E-state index contributed by atoms with van der Waals surface area (Å²) in [5.41, 5.74) is 7.19. The fourth-order valence-electron chi connectivity index (χ4n) is 1.54. The second-order valence-electron chi connectivity index (χ2n) is 3.77. The molecule has 1 aromatic rings. The van der Waals surface area contributed by atoms with Gasteiger partial charge in [0.05, 0.1) is 0 Å². The van der Waals surface area contributed by atoms with Crippen molar-refractivity contribution in [3.8, 4) is 0 Å². The average molecular weight is 236 g/mol. The van der Waals surface area contributed by atoms with E-state index < -0.39 is 0 Å². The van der Waals surface area contributed by atoms with E-state index in [9.17, 15) is 4.79 Å². The van der Waals surface area contributed by atoms with Crippen molar-refractivity contribution < 1.29 is 9.53 Å². The summed E-state index contributed by atoms with van der Waals surface area (Å²) in [6.45, 7) is 5.28. The number of rotatable bonds is 6. The molecule has 0 aliphatic carbocycles. The molecule has 0 aromatic heterocycles. The van der Waals surface area contributed by atoms with Gasteiger partial charge in [-0.05, 0) is 37.6 Å². The van der Waals surface area contributed by atoms with Gasteiger partial charge in [-0.25, -0.2) is 0 Å². The number of carbonyl (C=O) groups is 1. The van der Waals surface area contributed by atoms with E-state index in [0.29, 0.717) is 18.8 Å². The van der Waals surface area contributed by atoms with Crippen LogP contribution in [0.3, 0.4) is 0 Å². The Labute approximate surface area is 102 Å². The molecule has 0 bridgehead atoms. The number of anilines is 2. The van der Waals surface area contributed by atoms with E-state index in [4.69, 9.17) is 10.5 Å². The van der Waals surface area contributed by atoms with Crippen LogP contribution in [-0.4, -0.2) is 25.7 Å². The third-order valence-electron chi connectivity index (χ3n) is 2.38. The van der Waals surface area contributed by atoms with Gasteiger partial charge in [-0.3, -0.25) is 4.79 Å². The lowest BCUT2D eigenvalue weighted by atomic mass is 10.2. The first kappa shape index (κ1) is 13.5. The number of hydrogen-bond acceptors (Lipinski definition) is 3. The molecular weight excluding hydrogens is 216 g/mol. The minimum absolute atomic E-state index is 0.0153. The topological polar surface area (TPSA) is 55.6 Å². The number of carbonyl (C=O) groups excluding carboxylic acids is 1. The van der Waals surface area contributed by atoms with E-state index >= 15 is 0 Å². The van der Waals surface area contributed by atoms with Gasteiger partial charge in [0.25, 0.3) is 5.91 Å². The van der Waals surface area contributed by atoms with Gasteiger partial charge in [-0.2, -0.15) is 0 Å². The molecule has 0 saturated heterocycles. The molecule has 0 unspecified atom stereocenters. The summed E-state index contributed by atoms with van der Waals surface area (Å²) in [5, 5.41) is 0. The molecule has 4 heteroatoms. The van der Waals surface area contributed by atoms with Crippen molar-refractivity contribution in [2.45, 2.75) is 20.3 Å². The van der Waals surface area contributed by atoms with E-state index in [1.165, 1.54) is 0 Å². The molecule has 0 radical (unpaired) electrons. The Hall–Kier alpha value is -1.55. The molecule has 1 amide bonds. The van der Waals surface area contributed by atoms with Gasteiger partial charge >= 0.3 is 0 Å². The summed E-state index contributed by atoms with van der Waals surface area (Å²) < 4.78 is 5.15. The zero-order valence-electron chi connectivity index (χ0n) is 10.5. The fraction of sp³-hybridized carbons (Fsp3) is 0.462. The summed E-state index contributed by atoms with van der Waals surface area (Å²) in [6.07, 6.45) is 0.905. The van der Waals surface area contributed by atoms with Crippen molar-refractivity contribution in [1.82, 2.24) is 0 Å². The molecule has 0 heterocycles. The lowest BCUT2D eigenvalue weighted by molar-refractivity contribution is -0.122. The van der Waals surface area contributed by atoms with Crippen molar-refractivity contribution in [2.75, 3.05) is 30.4 Å². The van der Waals surface area contributed by atoms with Crippen LogP contribution in [-0.2, 0) is 9.53 Å². The number of nitrogens with zero attached hydrogens (tertiary/aromatic N) is 1. The van der Waals surface area contributed by atoms with E-state index in [0.717, 1.165) is 12.1 Å². The van der Waals surface area contributed by atoms with Gasteiger partial charge < -0.3 is 15.4 Å². The molecule has 1 aromatic carbocycles. The van der Waals surface area contributed by atoms with Crippen LogP contribution in [0.15, 0.2) is 24.3 Å². The maximum absolute atomic E-state index is 11.9. The number of hydrogen-bond donors (Lipinski definition) is 1. The first-order valence-corrected chi connectivity index (χ1v) is 5.92. The van der Waals surface area contributed by atoms with Crippen LogP contribution in [0.1, 0.15) is 20.3 Å². The van der Waals surface area contributed by atoms with Crippen LogP contribution < -0.4 is 10.6 Å². The zero-order valence-corrected chi connectivity index (χ0v) is 10.5. The highest BCUT2D eigenvalue weighted by Crippen LogP contribution is 2.17. The number of nitrogens with two attached hydrogens (primary N) is 1. The maximum atomic E-state index is 11.9. The summed E-state index contributed by atoms with van der Waals surface area (Å²) in [6, 6.07) is 7.31. The number of ether oxygens (including phenoxy) is 1. The largest absolute Gasteiger partial charge is 0.399 e. The second-order valence-corrected chi connectivity index (χ2v) is 3.77. The summed E-state index contributed by atoms with van der Waals surface area (Å²) >= 11 is 0. The molecule has 1 rings (SSSR count). The lowest BCUT2D eigenvalue weighted by Gasteiger charge is -2.22. The quantitative estimate of drug-likeness (QED) is 0.769. The molecule has 0 aliphatic heterocycles. The van der Waals surface area contributed by atoms with Crippen LogP contribution in [0, 0.1) is 0 Å². The van der Waals surface area contributed by atoms with Gasteiger partial charge in [-0.15, -0.1) is 0 Å². The lowest BCUT2D eigenvalue weighted by Crippen LogP contribution is -2.34. The van der Waals surface area contributed by atoms with Crippen LogP contribution in [0.4, 0.5) is 11.4 Å². The zero-order chi connectivity index (χ0) is 12.7. The Morgan fingerprint density at radius 2 is 1.94 bits per heavy atom. The molecular formula is C13H20N2O2. The van der Waals surface area contributed by atoms with E-state index in [2.05, 4.69) is 0 Å². The highest BCUT2D eigenvalue weighted by atomic mass is 16.5. The Kier molecular flexibility index (Phi) is 5.49. The molecule has 0 fully saturated rings. The molecule has 2 N–H and O–H groups in total. The second kappa shape index (κ2) is 6.91. The minimum atomic E-state index is -0.0153. The van der Waals surface area contributed by atoms with Crippen LogP contribution in [0.2, 0.25) is 0 Å². The van der Waals surface area contributed by atoms with Crippen molar-refractivity contribution in [1.29, 1.82) is 0 Å². The van der Waals surface area contributed by atoms with Crippen molar-refractivity contribution >= 4 is 17.3 Å². The average Bonchev–Trinajstić information content (AvgIpc) is 2.34. The number of benzene rings is 1. The highest BCUT2D eigenvalue weighted by molar-refractivity contribution is 5.94. The third kappa shape index (κ3) is 4.07. The van der Waals surface area contributed by atoms with Gasteiger partial charge in [-0.1, -0.05) is 6.92 Å². The molecule has 0 spiro atoms. The molecule has 94 valence electrons. The molecule has 0 aliphatic rings. The van der Waals surface area contributed by atoms with Crippen LogP contribution in [0.5, 0.6) is 0 Å². The van der Waals surface area contributed by atoms with E-state index in [1.54, 1.807) is 17.0 Å². The van der Waals surface area contributed by atoms with E-state index in [-0.39, 0.29) is 12.5 Å². The summed E-state index contributed by atoms with van der Waals surface area (Å²) in [7, 11) is 0. The fourth-order valence-corrected chi connectivity index (χ4v) is 1.54. The highest BCUT2D eigenvalue weighted by Gasteiger charge is 2.14. The van der Waals surface area contributed by atoms with Gasteiger partial charge in [0.2, 0.25) is 0 Å². The standard InChI is InChI=1S/C13H20N2O2/c1-3-9-15(13(16)10-17-4-2)12-7-5-11(14)6-8-12/h5-8H,3-4,9-10,14H2,1-2H3. The summed E-state index contributed by atoms with van der Waals surface area (Å²) in [5.74, 6) is -0.0153. The Bertz CT molecular complexity index is 349. The van der Waals surface area contributed by atoms with E-state index in [1.807, 2.05) is 26.0 Å². The first-order valence-electron chi connectivity index (χ1n) is 5.92. The minimum Gasteiger partial charge on any atom is -0.399 e. The van der Waals surface area contributed by atoms with Gasteiger partial charge in [0, 0.05) is 24.5 Å². The third-order valence-corrected chi connectivity index (χ3v) is 2.38. The Morgan fingerprint density at radius 3 is 2.47 bits per heavy atom. The summed E-state index contributed by atoms with van der Waals surface area (Å²) in [4.78, 5) is 13.7. The number of amides is 1. The molecule has 17 heavy (non-hydrogen) atoms. The van der Waals surface area contributed by atoms with Gasteiger partial charge in [0.15, 0.2) is 0 Å². The smallest absolute Gasteiger partial charge is 0.252 e.